The number of aromatic nitrogens is 1. The van der Waals surface area contributed by atoms with Crippen LogP contribution < -0.4 is 25.4 Å². The zero-order valence-corrected chi connectivity index (χ0v) is 18.1. The molecule has 0 saturated heterocycles. The number of rotatable bonds is 6. The summed E-state index contributed by atoms with van der Waals surface area (Å²) in [5.41, 5.74) is 1.05. The molecule has 10 heteroatoms. The summed E-state index contributed by atoms with van der Waals surface area (Å²) in [4.78, 5) is 16.3. The van der Waals surface area contributed by atoms with Crippen LogP contribution in [-0.2, 0) is 0 Å². The number of ether oxygens (including phenoxy) is 2. The van der Waals surface area contributed by atoms with Crippen molar-refractivity contribution in [2.24, 2.45) is 0 Å². The van der Waals surface area contributed by atoms with Gasteiger partial charge in [0.2, 0.25) is 0 Å². The summed E-state index contributed by atoms with van der Waals surface area (Å²) in [6.07, 6.45) is 1.48. The number of pyridine rings is 1. The highest BCUT2D eigenvalue weighted by Crippen LogP contribution is 2.35. The molecule has 0 spiro atoms. The van der Waals surface area contributed by atoms with E-state index in [-0.39, 0.29) is 16.5 Å². The van der Waals surface area contributed by atoms with Gasteiger partial charge in [0.05, 0.1) is 42.4 Å². The standard InChI is InChI=1S/C21H18ClFN4O3S/c1-29-17-10-18(30-2)16(9-14(17)22)26-21(31)25-12-7-8-19(24-11-12)27-20(28)13-5-3-4-6-15(13)23/h3-11H,1-2H3,(H,24,27,28)(H2,25,26,31). The van der Waals surface area contributed by atoms with Crippen LogP contribution in [0.3, 0.4) is 0 Å². The molecular weight excluding hydrogens is 443 g/mol. The lowest BCUT2D eigenvalue weighted by molar-refractivity contribution is 0.102. The minimum Gasteiger partial charge on any atom is -0.495 e. The maximum atomic E-state index is 13.7. The molecule has 3 aromatic rings. The molecule has 0 aliphatic carbocycles. The monoisotopic (exact) mass is 460 g/mol. The van der Waals surface area contributed by atoms with E-state index in [1.807, 2.05) is 0 Å². The number of halogens is 2. The van der Waals surface area contributed by atoms with Gasteiger partial charge >= 0.3 is 0 Å². The number of thiocarbonyl (C=S) groups is 1. The minimum absolute atomic E-state index is 0.0658. The van der Waals surface area contributed by atoms with Gasteiger partial charge in [0.15, 0.2) is 5.11 Å². The summed E-state index contributed by atoms with van der Waals surface area (Å²) in [6, 6.07) is 12.2. The molecule has 0 aliphatic heterocycles. The average molecular weight is 461 g/mol. The van der Waals surface area contributed by atoms with E-state index in [0.717, 1.165) is 0 Å². The Labute approximate surface area is 188 Å². The van der Waals surface area contributed by atoms with Gasteiger partial charge in [-0.15, -0.1) is 0 Å². The van der Waals surface area contributed by atoms with Gasteiger partial charge in [0, 0.05) is 6.07 Å². The molecule has 7 nitrogen and oxygen atoms in total. The summed E-state index contributed by atoms with van der Waals surface area (Å²) in [5.74, 6) is 0.0342. The zero-order valence-electron chi connectivity index (χ0n) is 16.5. The molecule has 3 rings (SSSR count). The van der Waals surface area contributed by atoms with Crippen molar-refractivity contribution in [1.29, 1.82) is 0 Å². The van der Waals surface area contributed by atoms with Crippen molar-refractivity contribution in [2.45, 2.75) is 0 Å². The molecule has 0 aliphatic rings. The van der Waals surface area contributed by atoms with E-state index in [9.17, 15) is 9.18 Å². The number of hydrogen-bond acceptors (Lipinski definition) is 5. The summed E-state index contributed by atoms with van der Waals surface area (Å²) >= 11 is 11.5. The van der Waals surface area contributed by atoms with E-state index in [1.54, 1.807) is 30.3 Å². The van der Waals surface area contributed by atoms with Crippen molar-refractivity contribution in [3.8, 4) is 11.5 Å². The second-order valence-electron chi connectivity index (χ2n) is 6.13. The maximum absolute atomic E-state index is 13.7. The minimum atomic E-state index is -0.608. The Morgan fingerprint density at radius 1 is 1.03 bits per heavy atom. The molecule has 1 aromatic heterocycles. The lowest BCUT2D eigenvalue weighted by atomic mass is 10.2. The first kappa shape index (κ1) is 22.3. The average Bonchev–Trinajstić information content (AvgIpc) is 2.75. The topological polar surface area (TPSA) is 84.5 Å². The Balaban J connectivity index is 1.63. The first-order valence-corrected chi connectivity index (χ1v) is 9.71. The molecule has 2 aromatic carbocycles. The van der Waals surface area contributed by atoms with Gasteiger partial charge in [0.1, 0.15) is 23.1 Å². The van der Waals surface area contributed by atoms with Crippen molar-refractivity contribution in [2.75, 3.05) is 30.2 Å². The smallest absolute Gasteiger partial charge is 0.259 e. The normalized spacial score (nSPS) is 10.2. The van der Waals surface area contributed by atoms with Crippen LogP contribution in [0, 0.1) is 5.82 Å². The maximum Gasteiger partial charge on any atom is 0.259 e. The van der Waals surface area contributed by atoms with Crippen molar-refractivity contribution in [1.82, 2.24) is 4.98 Å². The summed E-state index contributed by atoms with van der Waals surface area (Å²) < 4.78 is 24.2. The Morgan fingerprint density at radius 2 is 1.77 bits per heavy atom. The first-order chi connectivity index (χ1) is 14.9. The number of carbonyl (C=O) groups excluding carboxylic acids is 1. The van der Waals surface area contributed by atoms with Crippen LogP contribution in [-0.4, -0.2) is 30.2 Å². The number of benzene rings is 2. The quantitative estimate of drug-likeness (QED) is 0.449. The van der Waals surface area contributed by atoms with E-state index >= 15 is 0 Å². The number of methoxy groups -OCH3 is 2. The molecule has 0 bridgehead atoms. The number of nitrogens with zero attached hydrogens (tertiary/aromatic N) is 1. The van der Waals surface area contributed by atoms with E-state index in [4.69, 9.17) is 33.3 Å². The van der Waals surface area contributed by atoms with Gasteiger partial charge in [-0.05, 0) is 42.5 Å². The van der Waals surface area contributed by atoms with Gasteiger partial charge in [-0.1, -0.05) is 23.7 Å². The lowest BCUT2D eigenvalue weighted by Crippen LogP contribution is -2.20. The number of carbonyl (C=O) groups is 1. The fourth-order valence-corrected chi connectivity index (χ4v) is 3.08. The molecule has 160 valence electrons. The van der Waals surface area contributed by atoms with Crippen LogP contribution in [0.1, 0.15) is 10.4 Å². The summed E-state index contributed by atoms with van der Waals surface area (Å²) in [5, 5.41) is 9.16. The van der Waals surface area contributed by atoms with Crippen LogP contribution >= 0.6 is 23.8 Å². The molecule has 0 atom stereocenters. The molecule has 0 saturated carbocycles. The molecule has 1 heterocycles. The van der Waals surface area contributed by atoms with Crippen molar-refractivity contribution in [3.63, 3.8) is 0 Å². The number of nitrogens with one attached hydrogen (secondary N) is 3. The van der Waals surface area contributed by atoms with E-state index < -0.39 is 11.7 Å². The van der Waals surface area contributed by atoms with Gasteiger partial charge in [-0.2, -0.15) is 0 Å². The fourth-order valence-electron chi connectivity index (χ4n) is 2.61. The molecule has 0 unspecified atom stereocenters. The molecule has 0 fully saturated rings. The van der Waals surface area contributed by atoms with E-state index in [2.05, 4.69) is 20.9 Å². The zero-order chi connectivity index (χ0) is 22.4. The predicted molar refractivity (Wildman–Crippen MR) is 123 cm³/mol. The highest BCUT2D eigenvalue weighted by Gasteiger charge is 2.13. The van der Waals surface area contributed by atoms with E-state index in [1.165, 1.54) is 38.6 Å². The molecular formula is C21H18ClFN4O3S. The van der Waals surface area contributed by atoms with Gasteiger partial charge < -0.3 is 25.4 Å². The van der Waals surface area contributed by atoms with Gasteiger partial charge in [-0.25, -0.2) is 9.37 Å². The van der Waals surface area contributed by atoms with Crippen molar-refractivity contribution < 1.29 is 18.7 Å². The van der Waals surface area contributed by atoms with Crippen LogP contribution in [0.15, 0.2) is 54.7 Å². The molecule has 31 heavy (non-hydrogen) atoms. The Hall–Kier alpha value is -3.43. The predicted octanol–water partition coefficient (Wildman–Crippen LogP) is 4.95. The number of amides is 1. The van der Waals surface area contributed by atoms with Gasteiger partial charge in [-0.3, -0.25) is 4.79 Å². The third kappa shape index (κ3) is 5.59. The second-order valence-corrected chi connectivity index (χ2v) is 6.95. The third-order valence-electron chi connectivity index (χ3n) is 4.10. The Kier molecular flexibility index (Phi) is 7.22. The first-order valence-electron chi connectivity index (χ1n) is 8.92. The Morgan fingerprint density at radius 3 is 2.42 bits per heavy atom. The molecule has 3 N–H and O–H groups in total. The van der Waals surface area contributed by atoms with Crippen LogP contribution in [0.4, 0.5) is 21.6 Å². The third-order valence-corrected chi connectivity index (χ3v) is 4.60. The largest absolute Gasteiger partial charge is 0.495 e. The lowest BCUT2D eigenvalue weighted by Gasteiger charge is -2.15. The van der Waals surface area contributed by atoms with Crippen molar-refractivity contribution in [3.05, 3.63) is 71.1 Å². The number of hydrogen-bond donors (Lipinski definition) is 3. The van der Waals surface area contributed by atoms with E-state index in [0.29, 0.717) is 27.9 Å². The van der Waals surface area contributed by atoms with Crippen LogP contribution in [0.2, 0.25) is 5.02 Å². The van der Waals surface area contributed by atoms with Crippen molar-refractivity contribution >= 4 is 52.0 Å². The van der Waals surface area contributed by atoms with Gasteiger partial charge in [0.25, 0.3) is 5.91 Å². The number of anilines is 3. The fraction of sp³-hybridized carbons (Fsp3) is 0.0952. The molecule has 0 radical (unpaired) electrons. The van der Waals surface area contributed by atoms with Crippen LogP contribution in [0.25, 0.3) is 0 Å². The summed E-state index contributed by atoms with van der Waals surface area (Å²) in [6.45, 7) is 0. The Bertz CT molecular complexity index is 1110. The van der Waals surface area contributed by atoms with Crippen LogP contribution in [0.5, 0.6) is 11.5 Å². The highest BCUT2D eigenvalue weighted by molar-refractivity contribution is 7.80. The molecule has 1 amide bonds. The highest BCUT2D eigenvalue weighted by atomic mass is 35.5. The summed E-state index contributed by atoms with van der Waals surface area (Å²) in [7, 11) is 3.03. The second kappa shape index (κ2) is 10.1. The SMILES string of the molecule is COc1cc(OC)c(NC(=S)Nc2ccc(NC(=O)c3ccccc3F)nc2)cc1Cl.